The van der Waals surface area contributed by atoms with Crippen molar-refractivity contribution in [3.63, 3.8) is 0 Å². The average molecular weight is 403 g/mol. The maximum Gasteiger partial charge on any atom is 0.339 e. The Hall–Kier alpha value is -3.29. The molecule has 0 N–H and O–H groups in total. The summed E-state index contributed by atoms with van der Waals surface area (Å²) in [6, 6.07) is 6.42. The summed E-state index contributed by atoms with van der Waals surface area (Å²) in [5.41, 5.74) is 2.00. The lowest BCUT2D eigenvalue weighted by Crippen LogP contribution is -2.20. The second kappa shape index (κ2) is 9.77. The predicted octanol–water partition coefficient (Wildman–Crippen LogP) is 2.72. The molecule has 2 rings (SSSR count). The zero-order valence-electron chi connectivity index (χ0n) is 17.2. The van der Waals surface area contributed by atoms with Gasteiger partial charge in [0.25, 0.3) is 0 Å². The van der Waals surface area contributed by atoms with E-state index in [0.717, 1.165) is 0 Å². The number of ether oxygens (including phenoxy) is 4. The van der Waals surface area contributed by atoms with E-state index in [1.54, 1.807) is 49.6 Å². The van der Waals surface area contributed by atoms with Gasteiger partial charge < -0.3 is 23.5 Å². The number of benzene rings is 1. The summed E-state index contributed by atoms with van der Waals surface area (Å²) in [6.45, 7) is 4.94. The molecule has 0 atom stereocenters. The van der Waals surface area contributed by atoms with Gasteiger partial charge in [-0.15, -0.1) is 0 Å². The molecule has 156 valence electrons. The van der Waals surface area contributed by atoms with Crippen molar-refractivity contribution in [2.75, 3.05) is 27.4 Å². The van der Waals surface area contributed by atoms with Crippen LogP contribution in [0.5, 0.6) is 11.5 Å². The molecular formula is C21H25NO7. The highest BCUT2D eigenvalue weighted by atomic mass is 16.5. The zero-order chi connectivity index (χ0) is 21.6. The number of hydrogen-bond acceptors (Lipinski definition) is 7. The van der Waals surface area contributed by atoms with Crippen molar-refractivity contribution in [2.24, 2.45) is 0 Å². The fourth-order valence-corrected chi connectivity index (χ4v) is 2.89. The number of methoxy groups -OCH3 is 2. The quantitative estimate of drug-likeness (QED) is 0.469. The molecule has 1 heterocycles. The van der Waals surface area contributed by atoms with Gasteiger partial charge in [-0.1, -0.05) is 0 Å². The number of carbonyl (C=O) groups is 3. The van der Waals surface area contributed by atoms with Gasteiger partial charge in [0.1, 0.15) is 18.0 Å². The van der Waals surface area contributed by atoms with Gasteiger partial charge in [-0.25, -0.2) is 4.79 Å². The van der Waals surface area contributed by atoms with Crippen molar-refractivity contribution < 1.29 is 33.3 Å². The van der Waals surface area contributed by atoms with Crippen LogP contribution < -0.4 is 9.47 Å². The molecule has 0 bridgehead atoms. The fraction of sp³-hybridized carbons (Fsp3) is 0.381. The molecule has 0 saturated carbocycles. The van der Waals surface area contributed by atoms with E-state index in [0.29, 0.717) is 34.0 Å². The number of hydrogen-bond donors (Lipinski definition) is 0. The zero-order valence-corrected chi connectivity index (χ0v) is 17.2. The van der Waals surface area contributed by atoms with E-state index in [-0.39, 0.29) is 13.2 Å². The molecule has 0 aliphatic heterocycles. The van der Waals surface area contributed by atoms with E-state index in [4.69, 9.17) is 18.9 Å². The lowest BCUT2D eigenvalue weighted by Gasteiger charge is -2.11. The van der Waals surface area contributed by atoms with Gasteiger partial charge in [0, 0.05) is 17.5 Å². The summed E-state index contributed by atoms with van der Waals surface area (Å²) in [5, 5.41) is 0. The van der Waals surface area contributed by atoms with Crippen LogP contribution in [0.25, 0.3) is 0 Å². The molecule has 8 nitrogen and oxygen atoms in total. The number of rotatable bonds is 9. The molecule has 8 heteroatoms. The lowest BCUT2D eigenvalue weighted by atomic mass is 10.1. The third-order valence-corrected chi connectivity index (χ3v) is 4.43. The minimum atomic E-state index is -0.594. The fourth-order valence-electron chi connectivity index (χ4n) is 2.89. The molecule has 1 aromatic heterocycles. The van der Waals surface area contributed by atoms with Crippen LogP contribution in [0.15, 0.2) is 24.3 Å². The van der Waals surface area contributed by atoms with Gasteiger partial charge >= 0.3 is 11.9 Å². The van der Waals surface area contributed by atoms with Crippen LogP contribution in [0.1, 0.15) is 39.0 Å². The number of esters is 2. The molecule has 2 aromatic rings. The number of aryl methyl sites for hydroxylation is 1. The Morgan fingerprint density at radius 1 is 0.966 bits per heavy atom. The smallest absolute Gasteiger partial charge is 0.339 e. The minimum absolute atomic E-state index is 0.121. The standard InChI is InChI=1S/C21H25NO7/c1-6-28-21(25)17-9-13(2)22(14(17)3)11-20(24)29-12-18(23)16-8-7-15(26-4)10-19(16)27-5/h7-10H,6,11-12H2,1-5H3. The summed E-state index contributed by atoms with van der Waals surface area (Å²) < 4.78 is 22.1. The second-order valence-corrected chi connectivity index (χ2v) is 6.24. The Morgan fingerprint density at radius 3 is 2.31 bits per heavy atom. The Morgan fingerprint density at radius 2 is 1.69 bits per heavy atom. The molecule has 0 aliphatic rings. The first-order valence-electron chi connectivity index (χ1n) is 9.07. The maximum absolute atomic E-state index is 12.4. The Balaban J connectivity index is 2.04. The highest BCUT2D eigenvalue weighted by Crippen LogP contribution is 2.25. The maximum atomic E-state index is 12.4. The van der Waals surface area contributed by atoms with E-state index in [2.05, 4.69) is 0 Å². The molecule has 0 spiro atoms. The molecule has 0 amide bonds. The monoisotopic (exact) mass is 403 g/mol. The Kier molecular flexibility index (Phi) is 7.41. The molecule has 0 fully saturated rings. The Labute approximate surface area is 169 Å². The third kappa shape index (κ3) is 5.16. The highest BCUT2D eigenvalue weighted by Gasteiger charge is 2.20. The average Bonchev–Trinajstić information content (AvgIpc) is 2.99. The van der Waals surface area contributed by atoms with E-state index < -0.39 is 24.3 Å². The first kappa shape index (κ1) is 22.0. The summed E-state index contributed by atoms with van der Waals surface area (Å²) in [5.74, 6) is -0.552. The number of ketones is 1. The van der Waals surface area contributed by atoms with Gasteiger partial charge in [-0.2, -0.15) is 0 Å². The normalized spacial score (nSPS) is 10.4. The molecular weight excluding hydrogens is 378 g/mol. The summed E-state index contributed by atoms with van der Waals surface area (Å²) >= 11 is 0. The van der Waals surface area contributed by atoms with E-state index >= 15 is 0 Å². The molecule has 0 aliphatic carbocycles. The van der Waals surface area contributed by atoms with Crippen molar-refractivity contribution in [1.29, 1.82) is 0 Å². The second-order valence-electron chi connectivity index (χ2n) is 6.24. The van der Waals surface area contributed by atoms with E-state index in [9.17, 15) is 14.4 Å². The summed E-state index contributed by atoms with van der Waals surface area (Å²) in [7, 11) is 2.95. The topological polar surface area (TPSA) is 93.1 Å². The number of aromatic nitrogens is 1. The largest absolute Gasteiger partial charge is 0.497 e. The Bertz CT molecular complexity index is 914. The van der Waals surface area contributed by atoms with Crippen LogP contribution >= 0.6 is 0 Å². The van der Waals surface area contributed by atoms with Crippen LogP contribution in [-0.4, -0.2) is 49.7 Å². The van der Waals surface area contributed by atoms with Gasteiger partial charge in [0.15, 0.2) is 6.61 Å². The third-order valence-electron chi connectivity index (χ3n) is 4.43. The van der Waals surface area contributed by atoms with Gasteiger partial charge in [0.2, 0.25) is 5.78 Å². The number of nitrogens with zero attached hydrogens (tertiary/aromatic N) is 1. The first-order valence-corrected chi connectivity index (χ1v) is 9.07. The molecule has 1 aromatic carbocycles. The van der Waals surface area contributed by atoms with Gasteiger partial charge in [-0.3, -0.25) is 9.59 Å². The molecule has 0 saturated heterocycles. The van der Waals surface area contributed by atoms with Crippen LogP contribution in [0.4, 0.5) is 0 Å². The van der Waals surface area contributed by atoms with Crippen molar-refractivity contribution >= 4 is 17.7 Å². The van der Waals surface area contributed by atoms with Crippen LogP contribution in [-0.2, 0) is 20.8 Å². The van der Waals surface area contributed by atoms with Crippen LogP contribution in [0.2, 0.25) is 0 Å². The van der Waals surface area contributed by atoms with E-state index in [1.165, 1.54) is 14.2 Å². The summed E-state index contributed by atoms with van der Waals surface area (Å²) in [4.78, 5) is 36.6. The number of carbonyl (C=O) groups excluding carboxylic acids is 3. The van der Waals surface area contributed by atoms with Gasteiger partial charge in [0.05, 0.1) is 32.0 Å². The van der Waals surface area contributed by atoms with Crippen LogP contribution in [0.3, 0.4) is 0 Å². The molecule has 0 radical (unpaired) electrons. The van der Waals surface area contributed by atoms with E-state index in [1.807, 2.05) is 0 Å². The van der Waals surface area contributed by atoms with Crippen molar-refractivity contribution in [2.45, 2.75) is 27.3 Å². The van der Waals surface area contributed by atoms with Crippen molar-refractivity contribution in [3.8, 4) is 11.5 Å². The SMILES string of the molecule is CCOC(=O)c1cc(C)n(CC(=O)OCC(=O)c2ccc(OC)cc2OC)c1C. The van der Waals surface area contributed by atoms with Crippen LogP contribution in [0, 0.1) is 13.8 Å². The molecule has 29 heavy (non-hydrogen) atoms. The highest BCUT2D eigenvalue weighted by molar-refractivity contribution is 6.00. The van der Waals surface area contributed by atoms with Crippen molar-refractivity contribution in [3.05, 3.63) is 46.8 Å². The van der Waals surface area contributed by atoms with Gasteiger partial charge in [-0.05, 0) is 39.0 Å². The predicted molar refractivity (Wildman–Crippen MR) is 105 cm³/mol. The lowest BCUT2D eigenvalue weighted by molar-refractivity contribution is -0.143. The number of Topliss-reactive ketones (excluding diaryl/α,β-unsaturated/α-hetero) is 1. The minimum Gasteiger partial charge on any atom is -0.497 e. The first-order chi connectivity index (χ1) is 13.8. The van der Waals surface area contributed by atoms with Crippen molar-refractivity contribution in [1.82, 2.24) is 4.57 Å². The summed E-state index contributed by atoms with van der Waals surface area (Å²) in [6.07, 6.45) is 0. The molecule has 0 unspecified atom stereocenters.